The smallest absolute Gasteiger partial charge is 0.191 e. The molecule has 1 aliphatic carbocycles. The van der Waals surface area contributed by atoms with Gasteiger partial charge in [-0.2, -0.15) is 0 Å². The average molecular weight is 368 g/mol. The molecule has 2 fully saturated rings. The molecule has 2 rings (SSSR count). The number of hydrogen-bond donors (Lipinski definition) is 2. The van der Waals surface area contributed by atoms with Crippen molar-refractivity contribution in [3.63, 3.8) is 0 Å². The van der Waals surface area contributed by atoms with Crippen molar-refractivity contribution in [3.05, 3.63) is 0 Å². The monoisotopic (exact) mass is 367 g/mol. The van der Waals surface area contributed by atoms with Crippen LogP contribution in [0.5, 0.6) is 0 Å². The Balaban J connectivity index is 1.84. The largest absolute Gasteiger partial charge is 0.379 e. The molecule has 2 aliphatic rings. The van der Waals surface area contributed by atoms with Crippen molar-refractivity contribution < 1.29 is 4.74 Å². The fourth-order valence-corrected chi connectivity index (χ4v) is 3.72. The van der Waals surface area contributed by atoms with E-state index in [1.807, 2.05) is 0 Å². The lowest BCUT2D eigenvalue weighted by Crippen LogP contribution is -2.47. The second kappa shape index (κ2) is 11.8. The summed E-state index contributed by atoms with van der Waals surface area (Å²) in [6, 6.07) is 1.34. The number of ether oxygens (including phenoxy) is 1. The zero-order valence-corrected chi connectivity index (χ0v) is 17.5. The fourth-order valence-electron chi connectivity index (χ4n) is 3.72. The molecule has 152 valence electrons. The molecule has 0 aromatic rings. The van der Waals surface area contributed by atoms with Gasteiger partial charge in [-0.05, 0) is 38.6 Å². The van der Waals surface area contributed by atoms with Gasteiger partial charge in [0.2, 0.25) is 0 Å². The molecule has 1 heterocycles. The summed E-state index contributed by atoms with van der Waals surface area (Å²) < 4.78 is 5.52. The van der Waals surface area contributed by atoms with E-state index < -0.39 is 0 Å². The number of aliphatic imine (C=N–C) groups is 1. The van der Waals surface area contributed by atoms with Gasteiger partial charge in [0.1, 0.15) is 0 Å². The maximum absolute atomic E-state index is 5.52. The lowest BCUT2D eigenvalue weighted by molar-refractivity contribution is 0.0143. The number of nitrogens with one attached hydrogen (secondary N) is 2. The van der Waals surface area contributed by atoms with Gasteiger partial charge in [0.15, 0.2) is 5.96 Å². The van der Waals surface area contributed by atoms with Crippen LogP contribution in [-0.2, 0) is 4.74 Å². The number of likely N-dealkylation sites (N-methyl/N-ethyl adjacent to an activating group) is 1. The first-order valence-electron chi connectivity index (χ1n) is 10.7. The summed E-state index contributed by atoms with van der Waals surface area (Å²) in [5, 5.41) is 6.94. The summed E-state index contributed by atoms with van der Waals surface area (Å²) in [4.78, 5) is 10.1. The van der Waals surface area contributed by atoms with Gasteiger partial charge in [-0.25, -0.2) is 0 Å². The van der Waals surface area contributed by atoms with Crippen LogP contribution in [0, 0.1) is 5.92 Å². The number of rotatable bonds is 11. The number of morpholine rings is 1. The van der Waals surface area contributed by atoms with E-state index in [0.717, 1.165) is 71.0 Å². The van der Waals surface area contributed by atoms with E-state index in [0.29, 0.717) is 12.0 Å². The molecular formula is C20H41N5O. The highest BCUT2D eigenvalue weighted by atomic mass is 16.5. The van der Waals surface area contributed by atoms with E-state index >= 15 is 0 Å². The molecule has 2 N–H and O–H groups in total. The van der Waals surface area contributed by atoms with E-state index in [-0.39, 0.29) is 0 Å². The zero-order valence-electron chi connectivity index (χ0n) is 17.5. The molecule has 6 nitrogen and oxygen atoms in total. The average Bonchev–Trinajstić information content (AvgIpc) is 3.47. The topological polar surface area (TPSA) is 52.1 Å². The van der Waals surface area contributed by atoms with Gasteiger partial charge in [0.05, 0.1) is 19.8 Å². The van der Waals surface area contributed by atoms with E-state index in [9.17, 15) is 0 Å². The summed E-state index contributed by atoms with van der Waals surface area (Å²) in [7, 11) is 0. The molecule has 1 atom stereocenters. The lowest BCUT2D eigenvalue weighted by Gasteiger charge is -2.34. The highest BCUT2D eigenvalue weighted by molar-refractivity contribution is 5.79. The first-order chi connectivity index (χ1) is 12.6. The van der Waals surface area contributed by atoms with E-state index in [1.54, 1.807) is 0 Å². The van der Waals surface area contributed by atoms with Crippen molar-refractivity contribution in [1.29, 1.82) is 0 Å². The molecule has 1 unspecified atom stereocenters. The molecule has 0 radical (unpaired) electrons. The molecular weight excluding hydrogens is 326 g/mol. The Morgan fingerprint density at radius 2 is 1.92 bits per heavy atom. The minimum absolute atomic E-state index is 0.507. The highest BCUT2D eigenvalue weighted by Crippen LogP contribution is 2.25. The first-order valence-corrected chi connectivity index (χ1v) is 10.7. The third-order valence-electron chi connectivity index (χ3n) is 5.27. The lowest BCUT2D eigenvalue weighted by atomic mass is 10.0. The van der Waals surface area contributed by atoms with E-state index in [2.05, 4.69) is 48.1 Å². The Morgan fingerprint density at radius 1 is 1.19 bits per heavy atom. The van der Waals surface area contributed by atoms with E-state index in [4.69, 9.17) is 9.73 Å². The van der Waals surface area contributed by atoms with Gasteiger partial charge in [-0.3, -0.25) is 14.8 Å². The van der Waals surface area contributed by atoms with Crippen LogP contribution in [0.25, 0.3) is 0 Å². The summed E-state index contributed by atoms with van der Waals surface area (Å²) >= 11 is 0. The summed E-state index contributed by atoms with van der Waals surface area (Å²) in [5.41, 5.74) is 0. The minimum atomic E-state index is 0.507. The normalized spacial score (nSPS) is 20.6. The van der Waals surface area contributed by atoms with Crippen molar-refractivity contribution in [3.8, 4) is 0 Å². The van der Waals surface area contributed by atoms with Crippen molar-refractivity contribution in [1.82, 2.24) is 20.4 Å². The Kier molecular flexibility index (Phi) is 9.72. The predicted molar refractivity (Wildman–Crippen MR) is 110 cm³/mol. The van der Waals surface area contributed by atoms with Crippen LogP contribution in [0.4, 0.5) is 0 Å². The maximum Gasteiger partial charge on any atom is 0.191 e. The molecule has 1 saturated carbocycles. The Labute approximate surface area is 160 Å². The van der Waals surface area contributed by atoms with E-state index in [1.165, 1.54) is 19.3 Å². The van der Waals surface area contributed by atoms with Crippen LogP contribution < -0.4 is 10.6 Å². The third-order valence-corrected chi connectivity index (χ3v) is 5.27. The van der Waals surface area contributed by atoms with Gasteiger partial charge >= 0.3 is 0 Å². The van der Waals surface area contributed by atoms with Gasteiger partial charge < -0.3 is 15.4 Å². The van der Waals surface area contributed by atoms with Gasteiger partial charge in [0.25, 0.3) is 0 Å². The van der Waals surface area contributed by atoms with Gasteiger partial charge in [0, 0.05) is 44.8 Å². The molecule has 26 heavy (non-hydrogen) atoms. The Bertz CT molecular complexity index is 405. The summed E-state index contributed by atoms with van der Waals surface area (Å²) in [6.07, 6.45) is 3.94. The molecule has 1 saturated heterocycles. The van der Waals surface area contributed by atoms with Crippen LogP contribution in [0.1, 0.15) is 47.0 Å². The highest BCUT2D eigenvalue weighted by Gasteiger charge is 2.27. The predicted octanol–water partition coefficient (Wildman–Crippen LogP) is 1.77. The summed E-state index contributed by atoms with van der Waals surface area (Å²) in [6.45, 7) is 17.7. The Morgan fingerprint density at radius 3 is 2.50 bits per heavy atom. The van der Waals surface area contributed by atoms with Gasteiger partial charge in [-0.1, -0.05) is 20.8 Å². The number of guanidine groups is 1. The molecule has 6 heteroatoms. The molecule has 0 aromatic heterocycles. The maximum atomic E-state index is 5.52. The SMILES string of the molecule is CCNC(=NCC(CC(C)C)N1CCOCC1)NCCN(CC)C1CC1. The minimum Gasteiger partial charge on any atom is -0.379 e. The van der Waals surface area contributed by atoms with Crippen molar-refractivity contribution in [2.45, 2.75) is 59.0 Å². The molecule has 0 amide bonds. The molecule has 1 aliphatic heterocycles. The summed E-state index contributed by atoms with van der Waals surface area (Å²) in [5.74, 6) is 1.65. The first kappa shape index (κ1) is 21.5. The van der Waals surface area contributed by atoms with Crippen molar-refractivity contribution in [2.24, 2.45) is 10.9 Å². The van der Waals surface area contributed by atoms with Crippen LogP contribution >= 0.6 is 0 Å². The number of nitrogens with zero attached hydrogens (tertiary/aromatic N) is 3. The molecule has 0 spiro atoms. The quantitative estimate of drug-likeness (QED) is 0.431. The van der Waals surface area contributed by atoms with Crippen molar-refractivity contribution in [2.75, 3.05) is 59.0 Å². The van der Waals surface area contributed by atoms with Crippen molar-refractivity contribution >= 4 is 5.96 Å². The zero-order chi connectivity index (χ0) is 18.8. The van der Waals surface area contributed by atoms with Gasteiger partial charge in [-0.15, -0.1) is 0 Å². The second-order valence-corrected chi connectivity index (χ2v) is 7.94. The van der Waals surface area contributed by atoms with Crippen LogP contribution in [0.3, 0.4) is 0 Å². The Hall–Kier alpha value is -0.850. The van der Waals surface area contributed by atoms with Crippen LogP contribution in [-0.4, -0.2) is 86.9 Å². The second-order valence-electron chi connectivity index (χ2n) is 7.94. The number of hydrogen-bond acceptors (Lipinski definition) is 4. The van der Waals surface area contributed by atoms with Crippen LogP contribution in [0.2, 0.25) is 0 Å². The molecule has 0 aromatic carbocycles. The third kappa shape index (κ3) is 7.80. The standard InChI is InChI=1S/C20H41N5O/c1-5-21-20(22-9-10-24(6-2)18-7-8-18)23-16-19(15-17(3)4)25-11-13-26-14-12-25/h17-19H,5-16H2,1-4H3,(H2,21,22,23). The van der Waals surface area contributed by atoms with Crippen LogP contribution in [0.15, 0.2) is 4.99 Å². The molecule has 0 bridgehead atoms. The fraction of sp³-hybridized carbons (Fsp3) is 0.950.